The molecule has 0 saturated carbocycles. The number of rotatable bonds is 6. The molecule has 0 aromatic carbocycles. The van der Waals surface area contributed by atoms with Crippen LogP contribution < -0.4 is 10.0 Å². The normalized spacial score (nSPS) is 12.3. The Morgan fingerprint density at radius 1 is 1.17 bits per heavy atom. The molecular formula is C13H14F3N3O2S2. The molecule has 126 valence electrons. The van der Waals surface area contributed by atoms with Crippen LogP contribution in [0.25, 0.3) is 0 Å². The van der Waals surface area contributed by atoms with Crippen molar-refractivity contribution in [1.29, 1.82) is 0 Å². The molecule has 2 N–H and O–H groups in total. The van der Waals surface area contributed by atoms with E-state index in [1.165, 1.54) is 18.2 Å². The highest BCUT2D eigenvalue weighted by atomic mass is 32.2. The maximum Gasteiger partial charge on any atom is 0.433 e. The van der Waals surface area contributed by atoms with Crippen LogP contribution in [0.3, 0.4) is 0 Å². The molecule has 2 heterocycles. The first-order valence-electron chi connectivity index (χ1n) is 6.53. The average Bonchev–Trinajstić information content (AvgIpc) is 2.91. The van der Waals surface area contributed by atoms with E-state index in [0.29, 0.717) is 0 Å². The summed E-state index contributed by atoms with van der Waals surface area (Å²) in [6.45, 7) is 1.93. The van der Waals surface area contributed by atoms with Gasteiger partial charge in [-0.15, -0.1) is 11.3 Å². The van der Waals surface area contributed by atoms with Crippen molar-refractivity contribution < 1.29 is 21.6 Å². The van der Waals surface area contributed by atoms with Gasteiger partial charge in [-0.05, 0) is 31.2 Å². The zero-order valence-electron chi connectivity index (χ0n) is 12.0. The average molecular weight is 365 g/mol. The van der Waals surface area contributed by atoms with Crippen LogP contribution in [0.1, 0.15) is 10.6 Å². The van der Waals surface area contributed by atoms with Gasteiger partial charge in [0.2, 0.25) is 10.0 Å². The number of thiophene rings is 1. The third-order valence-electron chi connectivity index (χ3n) is 2.74. The lowest BCUT2D eigenvalue weighted by atomic mass is 10.3. The minimum absolute atomic E-state index is 0.0250. The quantitative estimate of drug-likeness (QED) is 0.773. The van der Waals surface area contributed by atoms with Crippen molar-refractivity contribution in [2.45, 2.75) is 17.3 Å². The smallest absolute Gasteiger partial charge is 0.369 e. The molecule has 23 heavy (non-hydrogen) atoms. The molecule has 0 amide bonds. The van der Waals surface area contributed by atoms with Crippen molar-refractivity contribution in [3.63, 3.8) is 0 Å². The van der Waals surface area contributed by atoms with Crippen LogP contribution in [0.5, 0.6) is 0 Å². The summed E-state index contributed by atoms with van der Waals surface area (Å²) in [5, 5.41) is 2.65. The van der Waals surface area contributed by atoms with Crippen molar-refractivity contribution in [2.75, 3.05) is 18.4 Å². The number of hydrogen-bond acceptors (Lipinski definition) is 5. The summed E-state index contributed by atoms with van der Waals surface area (Å²) in [7, 11) is -3.60. The first-order valence-corrected chi connectivity index (χ1v) is 8.83. The molecule has 0 bridgehead atoms. The minimum atomic E-state index is -4.52. The van der Waals surface area contributed by atoms with E-state index in [1.54, 1.807) is 13.0 Å². The van der Waals surface area contributed by atoms with Crippen LogP contribution in [0, 0.1) is 6.92 Å². The van der Waals surface area contributed by atoms with Gasteiger partial charge < -0.3 is 5.32 Å². The Morgan fingerprint density at radius 3 is 2.52 bits per heavy atom. The topological polar surface area (TPSA) is 71.1 Å². The van der Waals surface area contributed by atoms with Crippen molar-refractivity contribution in [3.05, 3.63) is 40.9 Å². The van der Waals surface area contributed by atoms with Crippen LogP contribution in [0.2, 0.25) is 0 Å². The Labute approximate surface area is 135 Å². The number of alkyl halides is 3. The summed E-state index contributed by atoms with van der Waals surface area (Å²) in [5.74, 6) is 0.0333. The monoisotopic (exact) mass is 365 g/mol. The fraction of sp³-hybridized carbons (Fsp3) is 0.308. The first-order chi connectivity index (χ1) is 10.7. The second kappa shape index (κ2) is 6.85. The largest absolute Gasteiger partial charge is 0.433 e. The number of halogens is 3. The molecule has 0 fully saturated rings. The van der Waals surface area contributed by atoms with Crippen molar-refractivity contribution in [2.24, 2.45) is 0 Å². The van der Waals surface area contributed by atoms with E-state index in [4.69, 9.17) is 0 Å². The predicted octanol–water partition coefficient (Wildman–Crippen LogP) is 2.86. The van der Waals surface area contributed by atoms with E-state index >= 15 is 0 Å². The summed E-state index contributed by atoms with van der Waals surface area (Å²) in [5.41, 5.74) is -1.00. The van der Waals surface area contributed by atoms with Crippen molar-refractivity contribution in [3.8, 4) is 0 Å². The summed E-state index contributed by atoms with van der Waals surface area (Å²) < 4.78 is 64.0. The van der Waals surface area contributed by atoms with Crippen LogP contribution in [-0.2, 0) is 16.2 Å². The number of sulfonamides is 1. The molecule has 0 saturated heterocycles. The summed E-state index contributed by atoms with van der Waals surface area (Å²) in [6.07, 6.45) is -4.52. The molecule has 0 aliphatic rings. The molecule has 0 aliphatic carbocycles. The second-order valence-corrected chi connectivity index (χ2v) is 7.88. The van der Waals surface area contributed by atoms with Crippen molar-refractivity contribution in [1.82, 2.24) is 9.71 Å². The highest BCUT2D eigenvalue weighted by Gasteiger charge is 2.32. The van der Waals surface area contributed by atoms with E-state index in [0.717, 1.165) is 22.3 Å². The molecule has 0 aliphatic heterocycles. The van der Waals surface area contributed by atoms with Crippen LogP contribution in [-0.4, -0.2) is 26.5 Å². The molecule has 0 spiro atoms. The molecule has 2 aromatic rings. The Hall–Kier alpha value is -1.65. The third-order valence-corrected chi connectivity index (χ3v) is 5.70. The highest BCUT2D eigenvalue weighted by molar-refractivity contribution is 7.91. The lowest BCUT2D eigenvalue weighted by Gasteiger charge is -2.10. The molecular weight excluding hydrogens is 351 g/mol. The van der Waals surface area contributed by atoms with Gasteiger partial charge >= 0.3 is 6.18 Å². The van der Waals surface area contributed by atoms with Gasteiger partial charge in [0.1, 0.15) is 15.7 Å². The highest BCUT2D eigenvalue weighted by Crippen LogP contribution is 2.28. The number of hydrogen-bond donors (Lipinski definition) is 2. The fourth-order valence-electron chi connectivity index (χ4n) is 1.69. The lowest BCUT2D eigenvalue weighted by molar-refractivity contribution is -0.141. The second-order valence-electron chi connectivity index (χ2n) is 4.60. The SMILES string of the molecule is Cc1ccc(S(=O)(=O)NCCNc2cccc(C(F)(F)F)n2)s1. The van der Waals surface area contributed by atoms with E-state index < -0.39 is 21.9 Å². The zero-order chi connectivity index (χ0) is 17.1. The standard InChI is InChI=1S/C13H14F3N3O2S2/c1-9-5-6-12(22-9)23(20,21)18-8-7-17-11-4-2-3-10(19-11)13(14,15)16/h2-6,18H,7-8H2,1H3,(H,17,19). The van der Waals surface area contributed by atoms with Gasteiger partial charge in [-0.1, -0.05) is 6.07 Å². The van der Waals surface area contributed by atoms with Gasteiger partial charge in [-0.2, -0.15) is 13.2 Å². The molecule has 0 atom stereocenters. The van der Waals surface area contributed by atoms with Crippen molar-refractivity contribution >= 4 is 27.2 Å². The van der Waals surface area contributed by atoms with Gasteiger partial charge in [-0.25, -0.2) is 18.1 Å². The Bertz CT molecular complexity index is 773. The number of pyridine rings is 1. The number of nitrogens with zero attached hydrogens (tertiary/aromatic N) is 1. The lowest BCUT2D eigenvalue weighted by Crippen LogP contribution is -2.28. The summed E-state index contributed by atoms with van der Waals surface area (Å²) >= 11 is 1.15. The van der Waals surface area contributed by atoms with E-state index in [-0.39, 0.29) is 23.1 Å². The fourth-order valence-corrected chi connectivity index (χ4v) is 4.05. The number of nitrogens with one attached hydrogen (secondary N) is 2. The van der Waals surface area contributed by atoms with E-state index in [9.17, 15) is 21.6 Å². The number of aryl methyl sites for hydroxylation is 1. The minimum Gasteiger partial charge on any atom is -0.369 e. The van der Waals surface area contributed by atoms with Gasteiger partial charge in [-0.3, -0.25) is 0 Å². The maximum absolute atomic E-state index is 12.5. The molecule has 2 aromatic heterocycles. The molecule has 5 nitrogen and oxygen atoms in total. The summed E-state index contributed by atoms with van der Waals surface area (Å²) in [6, 6.07) is 6.68. The maximum atomic E-state index is 12.5. The van der Waals surface area contributed by atoms with Crippen LogP contribution in [0.4, 0.5) is 19.0 Å². The Morgan fingerprint density at radius 2 is 1.91 bits per heavy atom. The molecule has 0 unspecified atom stereocenters. The summed E-state index contributed by atoms with van der Waals surface area (Å²) in [4.78, 5) is 4.30. The van der Waals surface area contributed by atoms with E-state index in [2.05, 4.69) is 15.0 Å². The molecule has 10 heteroatoms. The van der Waals surface area contributed by atoms with Gasteiger partial charge in [0, 0.05) is 18.0 Å². The predicted molar refractivity (Wildman–Crippen MR) is 82.0 cm³/mol. The number of aromatic nitrogens is 1. The first kappa shape index (κ1) is 17.7. The van der Waals surface area contributed by atoms with Crippen LogP contribution >= 0.6 is 11.3 Å². The van der Waals surface area contributed by atoms with Gasteiger partial charge in [0.05, 0.1) is 0 Å². The zero-order valence-corrected chi connectivity index (χ0v) is 13.6. The van der Waals surface area contributed by atoms with Gasteiger partial charge in [0.25, 0.3) is 0 Å². The van der Waals surface area contributed by atoms with Crippen LogP contribution in [0.15, 0.2) is 34.5 Å². The van der Waals surface area contributed by atoms with E-state index in [1.807, 2.05) is 0 Å². The Kier molecular flexibility index (Phi) is 5.27. The number of anilines is 1. The van der Waals surface area contributed by atoms with Gasteiger partial charge in [0.15, 0.2) is 0 Å². The Balaban J connectivity index is 1.88. The third kappa shape index (κ3) is 4.91. The molecule has 2 rings (SSSR count). The molecule has 0 radical (unpaired) electrons.